The molecule has 0 spiro atoms. The predicted molar refractivity (Wildman–Crippen MR) is 157 cm³/mol. The molecule has 0 bridgehead atoms. The Kier molecular flexibility index (Phi) is 10.4. The van der Waals surface area contributed by atoms with Gasteiger partial charge >= 0.3 is 0 Å². The third-order valence-corrected chi connectivity index (χ3v) is 8.49. The monoisotopic (exact) mass is 589 g/mol. The lowest BCUT2D eigenvalue weighted by Gasteiger charge is -2.33. The fraction of sp³-hybridized carbons (Fsp3) is 0.310. The molecule has 7 nitrogen and oxygen atoms in total. The van der Waals surface area contributed by atoms with Crippen LogP contribution >= 0.6 is 23.2 Å². The zero-order chi connectivity index (χ0) is 28.7. The van der Waals surface area contributed by atoms with Crippen molar-refractivity contribution in [3.05, 3.63) is 94.0 Å². The lowest BCUT2D eigenvalue weighted by molar-refractivity contribution is -0.140. The number of hydrogen-bond donors (Lipinski definition) is 1. The molecule has 10 heteroatoms. The van der Waals surface area contributed by atoms with Crippen molar-refractivity contribution in [1.29, 1.82) is 0 Å². The first-order chi connectivity index (χ1) is 18.4. The summed E-state index contributed by atoms with van der Waals surface area (Å²) in [5, 5.41) is 3.63. The highest BCUT2D eigenvalue weighted by Crippen LogP contribution is 2.27. The molecular formula is C29H33Cl2N3O4S. The summed E-state index contributed by atoms with van der Waals surface area (Å²) in [6, 6.07) is 18.7. The van der Waals surface area contributed by atoms with Gasteiger partial charge in [0, 0.05) is 22.6 Å². The topological polar surface area (TPSA) is 86.8 Å². The van der Waals surface area contributed by atoms with Gasteiger partial charge in [0.15, 0.2) is 0 Å². The number of nitrogens with zero attached hydrogens (tertiary/aromatic N) is 2. The van der Waals surface area contributed by atoms with Gasteiger partial charge in [-0.15, -0.1) is 0 Å². The highest BCUT2D eigenvalue weighted by atomic mass is 35.5. The van der Waals surface area contributed by atoms with Gasteiger partial charge in [-0.1, -0.05) is 72.1 Å². The Hall–Kier alpha value is -3.07. The zero-order valence-corrected chi connectivity index (χ0v) is 24.7. The number of benzene rings is 3. The van der Waals surface area contributed by atoms with E-state index in [0.29, 0.717) is 22.0 Å². The van der Waals surface area contributed by atoms with Crippen molar-refractivity contribution >= 4 is 50.7 Å². The first-order valence-corrected chi connectivity index (χ1v) is 14.8. The minimum Gasteiger partial charge on any atom is -0.352 e. The molecule has 3 rings (SSSR count). The maximum absolute atomic E-state index is 14.0. The van der Waals surface area contributed by atoms with E-state index in [4.69, 9.17) is 23.2 Å². The van der Waals surface area contributed by atoms with Crippen LogP contribution in [0.4, 0.5) is 5.69 Å². The first-order valence-electron chi connectivity index (χ1n) is 12.6. The average molecular weight is 591 g/mol. The number of carbonyl (C=O) groups excluding carboxylic acids is 2. The van der Waals surface area contributed by atoms with Gasteiger partial charge in [-0.05, 0) is 69.2 Å². The first kappa shape index (κ1) is 30.5. The van der Waals surface area contributed by atoms with E-state index in [1.165, 1.54) is 23.1 Å². The smallest absolute Gasteiger partial charge is 0.264 e. The van der Waals surface area contributed by atoms with E-state index in [9.17, 15) is 18.0 Å². The Balaban J connectivity index is 2.08. The van der Waals surface area contributed by atoms with Crippen molar-refractivity contribution in [3.8, 4) is 0 Å². The van der Waals surface area contributed by atoms with Crippen LogP contribution in [-0.2, 0) is 26.2 Å². The van der Waals surface area contributed by atoms with Gasteiger partial charge in [0.05, 0.1) is 10.6 Å². The maximum Gasteiger partial charge on any atom is 0.264 e. The number of carbonyl (C=O) groups is 2. The van der Waals surface area contributed by atoms with Gasteiger partial charge in [-0.2, -0.15) is 0 Å². The van der Waals surface area contributed by atoms with Gasteiger partial charge in [0.2, 0.25) is 11.8 Å². The summed E-state index contributed by atoms with van der Waals surface area (Å²) in [4.78, 5) is 28.6. The highest BCUT2D eigenvalue weighted by Gasteiger charge is 2.34. The van der Waals surface area contributed by atoms with Crippen LogP contribution in [0, 0.1) is 6.92 Å². The molecule has 3 aromatic rings. The van der Waals surface area contributed by atoms with Crippen LogP contribution in [0.3, 0.4) is 0 Å². The highest BCUT2D eigenvalue weighted by molar-refractivity contribution is 7.92. The molecule has 0 heterocycles. The quantitative estimate of drug-likeness (QED) is 0.305. The number of aryl methyl sites for hydroxylation is 1. The van der Waals surface area contributed by atoms with Crippen molar-refractivity contribution in [2.75, 3.05) is 10.8 Å². The molecule has 0 fully saturated rings. The molecule has 0 radical (unpaired) electrons. The fourth-order valence-electron chi connectivity index (χ4n) is 4.11. The van der Waals surface area contributed by atoms with E-state index in [1.807, 2.05) is 20.8 Å². The zero-order valence-electron chi connectivity index (χ0n) is 22.4. The van der Waals surface area contributed by atoms with Crippen LogP contribution in [0.25, 0.3) is 0 Å². The van der Waals surface area contributed by atoms with Crippen LogP contribution in [0.15, 0.2) is 77.7 Å². The second-order valence-electron chi connectivity index (χ2n) is 9.50. The van der Waals surface area contributed by atoms with Gasteiger partial charge in [0.1, 0.15) is 12.6 Å². The molecule has 2 amide bonds. The molecule has 208 valence electrons. The SMILES string of the molecule is CCC(C(=O)NC(C)C)N(Cc1ccccc1Cl)C(=O)CN(c1cccc(Cl)c1)S(=O)(=O)c1ccc(C)cc1. The summed E-state index contributed by atoms with van der Waals surface area (Å²) in [5.41, 5.74) is 1.76. The van der Waals surface area contributed by atoms with E-state index < -0.39 is 28.5 Å². The lowest BCUT2D eigenvalue weighted by Crippen LogP contribution is -2.53. The Morgan fingerprint density at radius 2 is 1.62 bits per heavy atom. The number of nitrogens with one attached hydrogen (secondary N) is 1. The molecule has 0 aliphatic carbocycles. The molecule has 0 saturated heterocycles. The molecule has 39 heavy (non-hydrogen) atoms. The molecule has 1 unspecified atom stereocenters. The summed E-state index contributed by atoms with van der Waals surface area (Å²) in [6.45, 7) is 6.80. The Bertz CT molecular complexity index is 1410. The summed E-state index contributed by atoms with van der Waals surface area (Å²) in [7, 11) is -4.17. The van der Waals surface area contributed by atoms with E-state index in [0.717, 1.165) is 9.87 Å². The minimum absolute atomic E-state index is 0.0243. The van der Waals surface area contributed by atoms with Crippen molar-refractivity contribution in [3.63, 3.8) is 0 Å². The van der Waals surface area contributed by atoms with E-state index in [2.05, 4.69) is 5.32 Å². The molecule has 0 aromatic heterocycles. The second-order valence-corrected chi connectivity index (χ2v) is 12.2. The predicted octanol–water partition coefficient (Wildman–Crippen LogP) is 5.83. The summed E-state index contributed by atoms with van der Waals surface area (Å²) in [6.07, 6.45) is 0.316. The van der Waals surface area contributed by atoms with Crippen LogP contribution < -0.4 is 9.62 Å². The molecule has 3 aromatic carbocycles. The Labute approximate surface area is 240 Å². The fourth-order valence-corrected chi connectivity index (χ4v) is 5.89. The second kappa shape index (κ2) is 13.3. The summed E-state index contributed by atoms with van der Waals surface area (Å²) in [5.74, 6) is -0.889. The van der Waals surface area contributed by atoms with E-state index in [1.54, 1.807) is 61.5 Å². The Morgan fingerprint density at radius 1 is 0.949 bits per heavy atom. The lowest BCUT2D eigenvalue weighted by atomic mass is 10.1. The molecule has 0 saturated carbocycles. The minimum atomic E-state index is -4.17. The van der Waals surface area contributed by atoms with Crippen molar-refractivity contribution in [2.45, 2.75) is 57.6 Å². The van der Waals surface area contributed by atoms with Gasteiger partial charge in [-0.25, -0.2) is 8.42 Å². The van der Waals surface area contributed by atoms with Crippen LogP contribution in [-0.4, -0.2) is 43.8 Å². The van der Waals surface area contributed by atoms with Gasteiger partial charge in [-0.3, -0.25) is 13.9 Å². The molecule has 0 aliphatic rings. The number of rotatable bonds is 11. The van der Waals surface area contributed by atoms with Crippen molar-refractivity contribution < 1.29 is 18.0 Å². The number of sulfonamides is 1. The van der Waals surface area contributed by atoms with E-state index in [-0.39, 0.29) is 29.1 Å². The molecule has 1 atom stereocenters. The summed E-state index contributed by atoms with van der Waals surface area (Å²) < 4.78 is 28.7. The van der Waals surface area contributed by atoms with Gasteiger partial charge in [0.25, 0.3) is 10.0 Å². The molecular weight excluding hydrogens is 557 g/mol. The molecule has 1 N–H and O–H groups in total. The maximum atomic E-state index is 14.0. The van der Waals surface area contributed by atoms with Crippen molar-refractivity contribution in [1.82, 2.24) is 10.2 Å². The number of halogens is 2. The third-order valence-electron chi connectivity index (χ3n) is 6.10. The van der Waals surface area contributed by atoms with Crippen LogP contribution in [0.2, 0.25) is 10.0 Å². The standard InChI is InChI=1S/C29H33Cl2N3O4S/c1-5-27(29(36)32-20(2)3)33(18-22-9-6-7-12-26(22)31)28(35)19-34(24-11-8-10-23(30)17-24)39(37,38)25-15-13-21(4)14-16-25/h6-17,20,27H,5,18-19H2,1-4H3,(H,32,36). The van der Waals surface area contributed by atoms with Gasteiger partial charge < -0.3 is 10.2 Å². The number of anilines is 1. The number of hydrogen-bond acceptors (Lipinski definition) is 4. The van der Waals surface area contributed by atoms with Crippen LogP contribution in [0.5, 0.6) is 0 Å². The van der Waals surface area contributed by atoms with E-state index >= 15 is 0 Å². The van der Waals surface area contributed by atoms with Crippen molar-refractivity contribution in [2.24, 2.45) is 0 Å². The summed E-state index contributed by atoms with van der Waals surface area (Å²) >= 11 is 12.6. The van der Waals surface area contributed by atoms with Crippen LogP contribution in [0.1, 0.15) is 38.3 Å². The Morgan fingerprint density at radius 3 is 2.21 bits per heavy atom. The largest absolute Gasteiger partial charge is 0.352 e. The normalized spacial score (nSPS) is 12.2. The number of amides is 2. The average Bonchev–Trinajstić information content (AvgIpc) is 2.87. The third kappa shape index (κ3) is 7.75. The molecule has 0 aliphatic heterocycles.